The van der Waals surface area contributed by atoms with Gasteiger partial charge in [-0.05, 0) is 19.3 Å². The largest absolute Gasteiger partial charge is 0.468 e. The lowest BCUT2D eigenvalue weighted by atomic mass is 9.84. The molecule has 0 aliphatic heterocycles. The maximum Gasteiger partial charge on any atom is 0.323 e. The van der Waals surface area contributed by atoms with E-state index < -0.39 is 17.4 Å². The normalized spacial score (nSPS) is 17.9. The van der Waals surface area contributed by atoms with Crippen LogP contribution in [-0.2, 0) is 19.1 Å². The van der Waals surface area contributed by atoms with Gasteiger partial charge in [-0.25, -0.2) is 0 Å². The Morgan fingerprint density at radius 3 is 2.41 bits per heavy atom. The molecule has 0 N–H and O–H groups in total. The summed E-state index contributed by atoms with van der Waals surface area (Å²) >= 11 is 0. The van der Waals surface area contributed by atoms with Crippen molar-refractivity contribution in [2.24, 2.45) is 5.41 Å². The minimum absolute atomic E-state index is 0.343. The van der Waals surface area contributed by atoms with Crippen LogP contribution in [0.3, 0.4) is 0 Å². The van der Waals surface area contributed by atoms with Gasteiger partial charge in [0.15, 0.2) is 5.41 Å². The molecule has 0 amide bonds. The summed E-state index contributed by atoms with van der Waals surface area (Å²) in [6, 6.07) is 0. The van der Waals surface area contributed by atoms with E-state index >= 15 is 0 Å². The maximum atomic E-state index is 11.8. The van der Waals surface area contributed by atoms with Crippen LogP contribution in [-0.4, -0.2) is 26.2 Å². The Balaban J connectivity index is 2.89. The van der Waals surface area contributed by atoms with E-state index in [9.17, 15) is 9.59 Å². The van der Waals surface area contributed by atoms with Crippen LogP contribution in [0.4, 0.5) is 0 Å². The number of rotatable bonds is 4. The molecule has 1 aliphatic rings. The van der Waals surface area contributed by atoms with Crippen molar-refractivity contribution in [3.8, 4) is 0 Å². The van der Waals surface area contributed by atoms with E-state index in [0.29, 0.717) is 12.8 Å². The van der Waals surface area contributed by atoms with Gasteiger partial charge in [0.05, 0.1) is 14.2 Å². The summed E-state index contributed by atoms with van der Waals surface area (Å²) in [5, 5.41) is 0. The zero-order chi connectivity index (χ0) is 12.9. The molecule has 0 aromatic rings. The van der Waals surface area contributed by atoms with Crippen molar-refractivity contribution >= 4 is 11.9 Å². The maximum absolute atomic E-state index is 11.8. The second-order valence-corrected chi connectivity index (χ2v) is 4.04. The number of methoxy groups -OCH3 is 2. The van der Waals surface area contributed by atoms with Crippen LogP contribution >= 0.6 is 0 Å². The smallest absolute Gasteiger partial charge is 0.323 e. The predicted molar refractivity (Wildman–Crippen MR) is 63.2 cm³/mol. The van der Waals surface area contributed by atoms with Gasteiger partial charge in [0.1, 0.15) is 0 Å². The highest BCUT2D eigenvalue weighted by Crippen LogP contribution is 2.40. The average molecular weight is 238 g/mol. The minimum atomic E-state index is -1.18. The highest BCUT2D eigenvalue weighted by atomic mass is 16.5. The van der Waals surface area contributed by atoms with Crippen molar-refractivity contribution in [2.45, 2.75) is 26.2 Å². The van der Waals surface area contributed by atoms with Crippen molar-refractivity contribution in [1.82, 2.24) is 0 Å². The fraction of sp³-hybridized carbons (Fsp3) is 0.538. The van der Waals surface area contributed by atoms with Gasteiger partial charge >= 0.3 is 11.9 Å². The SMILES string of the molecule is CC/C=C/C1=CCC(C(=O)OC)(C(=O)OC)C1. The molecule has 0 saturated carbocycles. The number of esters is 2. The van der Waals surface area contributed by atoms with E-state index in [1.807, 2.05) is 25.2 Å². The number of carbonyl (C=O) groups excluding carboxylic acids is 2. The molecular formula is C13H18O4. The van der Waals surface area contributed by atoms with E-state index in [0.717, 1.165) is 12.0 Å². The number of carbonyl (C=O) groups is 2. The zero-order valence-corrected chi connectivity index (χ0v) is 10.5. The lowest BCUT2D eigenvalue weighted by molar-refractivity contribution is -0.168. The lowest BCUT2D eigenvalue weighted by Gasteiger charge is -2.22. The lowest BCUT2D eigenvalue weighted by Crippen LogP contribution is -2.39. The van der Waals surface area contributed by atoms with E-state index in [-0.39, 0.29) is 0 Å². The number of hydrogen-bond donors (Lipinski definition) is 0. The summed E-state index contributed by atoms with van der Waals surface area (Å²) in [5.41, 5.74) is -0.209. The van der Waals surface area contributed by atoms with Gasteiger partial charge in [-0.1, -0.05) is 30.7 Å². The van der Waals surface area contributed by atoms with E-state index in [1.165, 1.54) is 14.2 Å². The molecule has 0 fully saturated rings. The van der Waals surface area contributed by atoms with Crippen molar-refractivity contribution in [3.05, 3.63) is 23.8 Å². The van der Waals surface area contributed by atoms with E-state index in [1.54, 1.807) is 0 Å². The summed E-state index contributed by atoms with van der Waals surface area (Å²) in [6.45, 7) is 2.03. The molecule has 1 rings (SSSR count). The second-order valence-electron chi connectivity index (χ2n) is 4.04. The number of hydrogen-bond acceptors (Lipinski definition) is 4. The van der Waals surface area contributed by atoms with Gasteiger partial charge in [-0.15, -0.1) is 0 Å². The molecule has 0 radical (unpaired) electrons. The highest BCUT2D eigenvalue weighted by molar-refractivity contribution is 6.01. The third kappa shape index (κ3) is 2.57. The Hall–Kier alpha value is -1.58. The molecule has 0 heterocycles. The summed E-state index contributed by atoms with van der Waals surface area (Å²) in [7, 11) is 2.57. The van der Waals surface area contributed by atoms with Crippen molar-refractivity contribution < 1.29 is 19.1 Å². The number of ether oxygens (including phenoxy) is 2. The molecule has 4 heteroatoms. The fourth-order valence-electron chi connectivity index (χ4n) is 1.98. The van der Waals surface area contributed by atoms with Crippen molar-refractivity contribution in [1.29, 1.82) is 0 Å². The molecule has 0 unspecified atom stereocenters. The molecule has 0 aromatic carbocycles. The van der Waals surface area contributed by atoms with Crippen LogP contribution in [0.15, 0.2) is 23.8 Å². The predicted octanol–water partition coefficient (Wildman–Crippen LogP) is 2.01. The zero-order valence-electron chi connectivity index (χ0n) is 10.5. The van der Waals surface area contributed by atoms with Gasteiger partial charge in [-0.3, -0.25) is 9.59 Å². The first-order chi connectivity index (χ1) is 8.10. The molecule has 94 valence electrons. The highest BCUT2D eigenvalue weighted by Gasteiger charge is 2.50. The third-order valence-corrected chi connectivity index (χ3v) is 2.94. The molecular weight excluding hydrogens is 220 g/mol. The average Bonchev–Trinajstić information content (AvgIpc) is 2.79. The van der Waals surface area contributed by atoms with Crippen LogP contribution < -0.4 is 0 Å². The second kappa shape index (κ2) is 5.66. The first kappa shape index (κ1) is 13.5. The van der Waals surface area contributed by atoms with E-state index in [4.69, 9.17) is 9.47 Å². The van der Waals surface area contributed by atoms with Gasteiger partial charge in [0.2, 0.25) is 0 Å². The van der Waals surface area contributed by atoms with Gasteiger partial charge in [0.25, 0.3) is 0 Å². The Morgan fingerprint density at radius 1 is 1.35 bits per heavy atom. The van der Waals surface area contributed by atoms with Crippen LogP contribution in [0.25, 0.3) is 0 Å². The summed E-state index contributed by atoms with van der Waals surface area (Å²) < 4.78 is 9.43. The van der Waals surface area contributed by atoms with Gasteiger partial charge in [0, 0.05) is 0 Å². The van der Waals surface area contributed by atoms with Gasteiger partial charge < -0.3 is 9.47 Å². The van der Waals surface area contributed by atoms with Crippen molar-refractivity contribution in [2.75, 3.05) is 14.2 Å². The molecule has 1 aliphatic carbocycles. The molecule has 0 atom stereocenters. The third-order valence-electron chi connectivity index (χ3n) is 2.94. The summed E-state index contributed by atoms with van der Waals surface area (Å²) in [6.07, 6.45) is 7.43. The monoisotopic (exact) mass is 238 g/mol. The topological polar surface area (TPSA) is 52.6 Å². The first-order valence-corrected chi connectivity index (χ1v) is 5.63. The molecule has 0 bridgehead atoms. The Morgan fingerprint density at radius 2 is 1.94 bits per heavy atom. The summed E-state index contributed by atoms with van der Waals surface area (Å²) in [5.74, 6) is -1.05. The van der Waals surface area contributed by atoms with Crippen LogP contribution in [0.1, 0.15) is 26.2 Å². The van der Waals surface area contributed by atoms with Crippen molar-refractivity contribution in [3.63, 3.8) is 0 Å². The van der Waals surface area contributed by atoms with E-state index in [2.05, 4.69) is 0 Å². The Kier molecular flexibility index (Phi) is 4.49. The number of allylic oxidation sites excluding steroid dienone is 4. The molecule has 17 heavy (non-hydrogen) atoms. The fourth-order valence-corrected chi connectivity index (χ4v) is 1.98. The standard InChI is InChI=1S/C13H18O4/c1-4-5-6-10-7-8-13(9-10,11(14)16-2)12(15)17-3/h5-7H,4,8-9H2,1-3H3/b6-5+. The Labute approximate surface area is 101 Å². The van der Waals surface area contributed by atoms with Crippen LogP contribution in [0.2, 0.25) is 0 Å². The minimum Gasteiger partial charge on any atom is -0.468 e. The quantitative estimate of drug-likeness (QED) is 0.555. The molecule has 4 nitrogen and oxygen atoms in total. The Bertz CT molecular complexity index is 350. The first-order valence-electron chi connectivity index (χ1n) is 5.63. The van der Waals surface area contributed by atoms with Crippen LogP contribution in [0, 0.1) is 5.41 Å². The summed E-state index contributed by atoms with van der Waals surface area (Å²) in [4.78, 5) is 23.6. The van der Waals surface area contributed by atoms with Gasteiger partial charge in [-0.2, -0.15) is 0 Å². The van der Waals surface area contributed by atoms with Crippen LogP contribution in [0.5, 0.6) is 0 Å². The molecule has 0 saturated heterocycles. The molecule has 0 aromatic heterocycles. The molecule has 0 spiro atoms.